The number of pyridine rings is 1. The zero-order valence-electron chi connectivity index (χ0n) is 18.3. The van der Waals surface area contributed by atoms with E-state index in [1.807, 2.05) is 29.4 Å². The van der Waals surface area contributed by atoms with E-state index in [1.54, 1.807) is 12.1 Å². The minimum atomic E-state index is 0.0638. The number of carbonyl (C=O) groups excluding carboxylic acids is 1. The molecule has 1 aromatic heterocycles. The average molecular weight is 442 g/mol. The Morgan fingerprint density at radius 3 is 2.65 bits per heavy atom. The number of amides is 1. The molecule has 0 spiro atoms. The van der Waals surface area contributed by atoms with E-state index in [-0.39, 0.29) is 12.0 Å². The van der Waals surface area contributed by atoms with Gasteiger partial charge in [0.2, 0.25) is 0 Å². The molecule has 0 N–H and O–H groups in total. The summed E-state index contributed by atoms with van der Waals surface area (Å²) in [5.41, 5.74) is 1.91. The summed E-state index contributed by atoms with van der Waals surface area (Å²) in [7, 11) is 0. The summed E-state index contributed by atoms with van der Waals surface area (Å²) in [6.07, 6.45) is 10.1. The van der Waals surface area contributed by atoms with Gasteiger partial charge < -0.3 is 14.5 Å². The Balaban J connectivity index is 1.36. The maximum atomic E-state index is 13.1. The Hall–Kier alpha value is -2.11. The molecule has 3 heterocycles. The normalized spacial score (nSPS) is 19.2. The number of rotatable bonds is 6. The molecule has 4 rings (SSSR count). The van der Waals surface area contributed by atoms with Gasteiger partial charge in [-0.2, -0.15) is 0 Å². The first-order chi connectivity index (χ1) is 15.1. The van der Waals surface area contributed by atoms with Crippen LogP contribution in [0.4, 0.5) is 0 Å². The lowest BCUT2D eigenvalue weighted by molar-refractivity contribution is 0.0683. The third-order valence-electron chi connectivity index (χ3n) is 6.46. The monoisotopic (exact) mass is 441 g/mol. The predicted octanol–water partition coefficient (Wildman–Crippen LogP) is 4.84. The summed E-state index contributed by atoms with van der Waals surface area (Å²) in [5, 5.41) is 0.604. The van der Waals surface area contributed by atoms with E-state index in [9.17, 15) is 4.79 Å². The van der Waals surface area contributed by atoms with Crippen LogP contribution in [-0.4, -0.2) is 59.0 Å². The highest BCUT2D eigenvalue weighted by Crippen LogP contribution is 2.29. The van der Waals surface area contributed by atoms with Crippen molar-refractivity contribution in [2.45, 2.75) is 57.6 Å². The van der Waals surface area contributed by atoms with Gasteiger partial charge in [-0.15, -0.1) is 0 Å². The van der Waals surface area contributed by atoms with Crippen LogP contribution in [0.15, 0.2) is 42.7 Å². The second-order valence-electron chi connectivity index (χ2n) is 8.76. The number of benzene rings is 1. The fourth-order valence-electron chi connectivity index (χ4n) is 4.64. The van der Waals surface area contributed by atoms with Crippen LogP contribution in [0.1, 0.15) is 54.9 Å². The van der Waals surface area contributed by atoms with Crippen molar-refractivity contribution < 1.29 is 9.53 Å². The van der Waals surface area contributed by atoms with Crippen molar-refractivity contribution in [1.82, 2.24) is 14.8 Å². The average Bonchev–Trinajstić information content (AvgIpc) is 2.80. The number of ether oxygens (including phenoxy) is 1. The van der Waals surface area contributed by atoms with Crippen molar-refractivity contribution in [2.75, 3.05) is 26.2 Å². The fourth-order valence-corrected chi connectivity index (χ4v) is 4.80. The van der Waals surface area contributed by atoms with Crippen molar-refractivity contribution in [2.24, 2.45) is 0 Å². The summed E-state index contributed by atoms with van der Waals surface area (Å²) in [6, 6.07) is 10.0. The van der Waals surface area contributed by atoms with Gasteiger partial charge in [-0.1, -0.05) is 17.7 Å². The molecule has 0 saturated carbocycles. The largest absolute Gasteiger partial charge is 0.489 e. The second kappa shape index (κ2) is 10.5. The van der Waals surface area contributed by atoms with Gasteiger partial charge in [0.15, 0.2) is 0 Å². The number of nitrogens with zero attached hydrogens (tertiary/aromatic N) is 3. The van der Waals surface area contributed by atoms with E-state index < -0.39 is 0 Å². The lowest BCUT2D eigenvalue weighted by Crippen LogP contribution is -2.44. The highest BCUT2D eigenvalue weighted by Gasteiger charge is 2.27. The summed E-state index contributed by atoms with van der Waals surface area (Å²) >= 11 is 6.25. The molecule has 1 atom stereocenters. The molecule has 6 heteroatoms. The molecule has 2 aliphatic rings. The molecular formula is C25H32ClN3O2. The van der Waals surface area contributed by atoms with E-state index >= 15 is 0 Å². The summed E-state index contributed by atoms with van der Waals surface area (Å²) < 4.78 is 6.36. The molecule has 0 aliphatic carbocycles. The minimum absolute atomic E-state index is 0.0638. The third-order valence-corrected chi connectivity index (χ3v) is 6.70. The molecule has 0 unspecified atom stereocenters. The number of hydrogen-bond acceptors (Lipinski definition) is 4. The molecule has 2 aromatic rings. The first kappa shape index (κ1) is 22.1. The van der Waals surface area contributed by atoms with Crippen LogP contribution in [0.2, 0.25) is 5.02 Å². The maximum absolute atomic E-state index is 13.1. The molecule has 0 bridgehead atoms. The van der Waals surface area contributed by atoms with Gasteiger partial charge in [0.05, 0.1) is 5.56 Å². The molecule has 2 fully saturated rings. The Labute approximate surface area is 190 Å². The summed E-state index contributed by atoms with van der Waals surface area (Å²) in [6.45, 7) is 5.91. The Kier molecular flexibility index (Phi) is 7.46. The van der Waals surface area contributed by atoms with E-state index in [4.69, 9.17) is 16.3 Å². The van der Waals surface area contributed by atoms with Gasteiger partial charge >= 0.3 is 0 Å². The van der Waals surface area contributed by atoms with E-state index in [0.29, 0.717) is 22.4 Å². The number of hydrogen-bond donors (Lipinski definition) is 0. The van der Waals surface area contributed by atoms with Crippen LogP contribution in [0.5, 0.6) is 5.75 Å². The van der Waals surface area contributed by atoms with Gasteiger partial charge in [-0.25, -0.2) is 0 Å². The van der Waals surface area contributed by atoms with E-state index in [0.717, 1.165) is 58.3 Å². The van der Waals surface area contributed by atoms with E-state index in [2.05, 4.69) is 22.9 Å². The van der Waals surface area contributed by atoms with Crippen molar-refractivity contribution in [3.63, 3.8) is 0 Å². The Morgan fingerprint density at radius 1 is 1.16 bits per heavy atom. The molecular weight excluding hydrogens is 410 g/mol. The molecule has 1 aromatic carbocycles. The molecule has 2 aliphatic heterocycles. The Bertz CT molecular complexity index is 862. The van der Waals surface area contributed by atoms with Crippen molar-refractivity contribution in [3.05, 3.63) is 58.9 Å². The summed E-state index contributed by atoms with van der Waals surface area (Å²) in [4.78, 5) is 21.8. The van der Waals surface area contributed by atoms with Crippen LogP contribution in [0.25, 0.3) is 0 Å². The maximum Gasteiger partial charge on any atom is 0.257 e. The lowest BCUT2D eigenvalue weighted by atomic mass is 10.0. The van der Waals surface area contributed by atoms with Gasteiger partial charge in [-0.05, 0) is 75.3 Å². The smallest absolute Gasteiger partial charge is 0.257 e. The number of aromatic nitrogens is 1. The van der Waals surface area contributed by atoms with Gasteiger partial charge in [0, 0.05) is 49.6 Å². The van der Waals surface area contributed by atoms with E-state index in [1.165, 1.54) is 12.0 Å². The number of piperidine rings is 2. The standard InChI is InChI=1S/C25H32ClN3O2/c1-19(16-20-6-5-11-27-18-20)28-14-9-22(10-15-28)31-24-17-21(26)7-8-23(24)25(30)29-12-3-2-4-13-29/h5-8,11,17-19,22H,2-4,9-10,12-16H2,1H3/t19-/m1/s1. The Morgan fingerprint density at radius 2 is 1.94 bits per heavy atom. The van der Waals surface area contributed by atoms with Gasteiger partial charge in [0.1, 0.15) is 11.9 Å². The van der Waals surface area contributed by atoms with Crippen molar-refractivity contribution >= 4 is 17.5 Å². The van der Waals surface area contributed by atoms with Crippen LogP contribution < -0.4 is 4.74 Å². The van der Waals surface area contributed by atoms with Crippen molar-refractivity contribution in [1.29, 1.82) is 0 Å². The summed E-state index contributed by atoms with van der Waals surface area (Å²) in [5.74, 6) is 0.693. The second-order valence-corrected chi connectivity index (χ2v) is 9.20. The lowest BCUT2D eigenvalue weighted by Gasteiger charge is -2.36. The molecule has 2 saturated heterocycles. The molecule has 0 radical (unpaired) electrons. The first-order valence-corrected chi connectivity index (χ1v) is 11.9. The highest BCUT2D eigenvalue weighted by atomic mass is 35.5. The zero-order valence-corrected chi connectivity index (χ0v) is 19.1. The van der Waals surface area contributed by atoms with Crippen LogP contribution in [0.3, 0.4) is 0 Å². The molecule has 1 amide bonds. The van der Waals surface area contributed by atoms with Crippen molar-refractivity contribution in [3.8, 4) is 5.75 Å². The fraction of sp³-hybridized carbons (Fsp3) is 0.520. The first-order valence-electron chi connectivity index (χ1n) is 11.5. The van der Waals surface area contributed by atoms with Crippen LogP contribution in [-0.2, 0) is 6.42 Å². The topological polar surface area (TPSA) is 45.7 Å². The zero-order chi connectivity index (χ0) is 21.6. The van der Waals surface area contributed by atoms with Gasteiger partial charge in [0.25, 0.3) is 5.91 Å². The third kappa shape index (κ3) is 5.78. The number of likely N-dealkylation sites (tertiary alicyclic amines) is 2. The molecule has 166 valence electrons. The molecule has 31 heavy (non-hydrogen) atoms. The van der Waals surface area contributed by atoms with Crippen LogP contribution >= 0.6 is 11.6 Å². The van der Waals surface area contributed by atoms with Gasteiger partial charge in [-0.3, -0.25) is 9.78 Å². The minimum Gasteiger partial charge on any atom is -0.489 e. The quantitative estimate of drug-likeness (QED) is 0.643. The SMILES string of the molecule is C[C@H](Cc1cccnc1)N1CCC(Oc2cc(Cl)ccc2C(=O)N2CCCCC2)CC1. The van der Waals surface area contributed by atoms with Crippen LogP contribution in [0, 0.1) is 0 Å². The molecule has 5 nitrogen and oxygen atoms in total. The highest BCUT2D eigenvalue weighted by molar-refractivity contribution is 6.30. The number of halogens is 1. The predicted molar refractivity (Wildman–Crippen MR) is 124 cm³/mol. The number of carbonyl (C=O) groups is 1.